The first kappa shape index (κ1) is 14.2. The second-order valence-electron chi connectivity index (χ2n) is 4.14. The summed E-state index contributed by atoms with van der Waals surface area (Å²) in [5.41, 5.74) is 6.69. The summed E-state index contributed by atoms with van der Waals surface area (Å²) in [4.78, 5) is -0.0145. The molecule has 1 aromatic heterocycles. The van der Waals surface area contributed by atoms with Gasteiger partial charge in [0.1, 0.15) is 10.6 Å². The molecule has 0 amide bonds. The molecular weight excluding hydrogens is 280 g/mol. The summed E-state index contributed by atoms with van der Waals surface area (Å²) < 4.78 is 31.8. The average Bonchev–Trinajstić information content (AvgIpc) is 2.85. The standard InChI is InChI=1S/C12H16N4O3S/c1-3-8-6-12(15-14-8)16-20(17,18)11-5-4-9(19-2)7-10(11)13/h4-7H,3,13H2,1-2H3,(H2,14,15,16). The van der Waals surface area contributed by atoms with E-state index in [0.717, 1.165) is 12.1 Å². The lowest BCUT2D eigenvalue weighted by atomic mass is 10.3. The van der Waals surface area contributed by atoms with Crippen molar-refractivity contribution in [1.29, 1.82) is 0 Å². The molecule has 0 fully saturated rings. The van der Waals surface area contributed by atoms with E-state index in [-0.39, 0.29) is 16.4 Å². The zero-order chi connectivity index (χ0) is 14.8. The van der Waals surface area contributed by atoms with Crippen molar-refractivity contribution in [2.24, 2.45) is 0 Å². The highest BCUT2D eigenvalue weighted by Gasteiger charge is 2.19. The van der Waals surface area contributed by atoms with Crippen molar-refractivity contribution >= 4 is 21.5 Å². The molecule has 0 aliphatic rings. The maximum absolute atomic E-state index is 12.2. The third-order valence-corrected chi connectivity index (χ3v) is 4.19. The number of rotatable bonds is 5. The molecular formula is C12H16N4O3S. The van der Waals surface area contributed by atoms with Crippen LogP contribution in [-0.4, -0.2) is 25.7 Å². The second-order valence-corrected chi connectivity index (χ2v) is 5.79. The SMILES string of the molecule is CCc1cc(NS(=O)(=O)c2ccc(OC)cc2N)n[nH]1. The molecule has 2 aromatic rings. The number of aromatic amines is 1. The molecule has 1 aromatic carbocycles. The van der Waals surface area contributed by atoms with E-state index in [0.29, 0.717) is 5.75 Å². The van der Waals surface area contributed by atoms with E-state index < -0.39 is 10.0 Å². The minimum absolute atomic E-state index is 0.0145. The predicted molar refractivity (Wildman–Crippen MR) is 76.2 cm³/mol. The van der Waals surface area contributed by atoms with Gasteiger partial charge in [-0.25, -0.2) is 8.42 Å². The number of aryl methyl sites for hydroxylation is 1. The molecule has 2 rings (SSSR count). The molecule has 0 bridgehead atoms. The van der Waals surface area contributed by atoms with E-state index in [2.05, 4.69) is 14.9 Å². The van der Waals surface area contributed by atoms with Gasteiger partial charge in [-0.1, -0.05) is 6.92 Å². The Morgan fingerprint density at radius 1 is 1.40 bits per heavy atom. The zero-order valence-electron chi connectivity index (χ0n) is 11.2. The summed E-state index contributed by atoms with van der Waals surface area (Å²) in [6.07, 6.45) is 0.736. The van der Waals surface area contributed by atoms with Crippen LogP contribution in [0.3, 0.4) is 0 Å². The zero-order valence-corrected chi connectivity index (χ0v) is 12.0. The fourth-order valence-electron chi connectivity index (χ4n) is 1.69. The highest BCUT2D eigenvalue weighted by Crippen LogP contribution is 2.25. The topological polar surface area (TPSA) is 110 Å². The highest BCUT2D eigenvalue weighted by molar-refractivity contribution is 7.92. The summed E-state index contributed by atoms with van der Waals surface area (Å²) in [5, 5.41) is 6.61. The van der Waals surface area contributed by atoms with Crippen LogP contribution in [0.4, 0.5) is 11.5 Å². The van der Waals surface area contributed by atoms with E-state index in [1.54, 1.807) is 6.07 Å². The largest absolute Gasteiger partial charge is 0.497 e. The molecule has 0 radical (unpaired) electrons. The van der Waals surface area contributed by atoms with Crippen molar-refractivity contribution in [2.45, 2.75) is 18.2 Å². The van der Waals surface area contributed by atoms with Crippen LogP contribution in [0.15, 0.2) is 29.2 Å². The molecule has 0 aliphatic carbocycles. The predicted octanol–water partition coefficient (Wildman–Crippen LogP) is 1.36. The Hall–Kier alpha value is -2.22. The summed E-state index contributed by atoms with van der Waals surface area (Å²) in [6, 6.07) is 6.02. The number of hydrogen-bond donors (Lipinski definition) is 3. The minimum atomic E-state index is -3.78. The van der Waals surface area contributed by atoms with Crippen LogP contribution in [0.2, 0.25) is 0 Å². The fraction of sp³-hybridized carbons (Fsp3) is 0.250. The number of nitrogens with two attached hydrogens (primary N) is 1. The molecule has 0 spiro atoms. The summed E-state index contributed by atoms with van der Waals surface area (Å²) in [6.45, 7) is 1.94. The van der Waals surface area contributed by atoms with E-state index in [4.69, 9.17) is 10.5 Å². The lowest BCUT2D eigenvalue weighted by Crippen LogP contribution is -2.15. The number of H-pyrrole nitrogens is 1. The van der Waals surface area contributed by atoms with Crippen LogP contribution < -0.4 is 15.2 Å². The van der Waals surface area contributed by atoms with Crippen LogP contribution in [0.1, 0.15) is 12.6 Å². The van der Waals surface area contributed by atoms with Crippen molar-refractivity contribution in [2.75, 3.05) is 17.6 Å². The van der Waals surface area contributed by atoms with Gasteiger partial charge in [0, 0.05) is 17.8 Å². The number of nitrogens with one attached hydrogen (secondary N) is 2. The van der Waals surface area contributed by atoms with Crippen LogP contribution in [0.25, 0.3) is 0 Å². The first-order chi connectivity index (χ1) is 9.46. The Morgan fingerprint density at radius 3 is 2.70 bits per heavy atom. The van der Waals surface area contributed by atoms with Gasteiger partial charge >= 0.3 is 0 Å². The van der Waals surface area contributed by atoms with Gasteiger partial charge < -0.3 is 10.5 Å². The number of benzene rings is 1. The van der Waals surface area contributed by atoms with E-state index in [1.165, 1.54) is 25.3 Å². The van der Waals surface area contributed by atoms with Crippen molar-refractivity contribution in [3.8, 4) is 5.75 Å². The van der Waals surface area contributed by atoms with Gasteiger partial charge in [-0.2, -0.15) is 5.10 Å². The molecule has 7 nitrogen and oxygen atoms in total. The summed E-state index contributed by atoms with van der Waals surface area (Å²) in [7, 11) is -2.29. The Morgan fingerprint density at radius 2 is 2.15 bits per heavy atom. The molecule has 20 heavy (non-hydrogen) atoms. The van der Waals surface area contributed by atoms with Gasteiger partial charge in [0.05, 0.1) is 12.8 Å². The van der Waals surface area contributed by atoms with Gasteiger partial charge in [0.2, 0.25) is 0 Å². The molecule has 8 heteroatoms. The highest BCUT2D eigenvalue weighted by atomic mass is 32.2. The maximum atomic E-state index is 12.2. The minimum Gasteiger partial charge on any atom is -0.497 e. The third-order valence-electron chi connectivity index (χ3n) is 2.76. The van der Waals surface area contributed by atoms with Crippen LogP contribution in [0, 0.1) is 0 Å². The Kier molecular flexibility index (Phi) is 3.84. The van der Waals surface area contributed by atoms with Crippen molar-refractivity contribution in [3.63, 3.8) is 0 Å². The molecule has 0 saturated heterocycles. The van der Waals surface area contributed by atoms with Crippen molar-refractivity contribution in [1.82, 2.24) is 10.2 Å². The van der Waals surface area contributed by atoms with Crippen LogP contribution >= 0.6 is 0 Å². The van der Waals surface area contributed by atoms with Gasteiger partial charge in [-0.15, -0.1) is 0 Å². The third kappa shape index (κ3) is 2.85. The van der Waals surface area contributed by atoms with Gasteiger partial charge in [-0.3, -0.25) is 9.82 Å². The molecule has 1 heterocycles. The quantitative estimate of drug-likeness (QED) is 0.722. The van der Waals surface area contributed by atoms with Crippen molar-refractivity contribution < 1.29 is 13.2 Å². The van der Waals surface area contributed by atoms with Crippen molar-refractivity contribution in [3.05, 3.63) is 30.0 Å². The fourth-order valence-corrected chi connectivity index (χ4v) is 2.79. The summed E-state index contributed by atoms with van der Waals surface area (Å²) in [5.74, 6) is 0.728. The number of methoxy groups -OCH3 is 1. The second kappa shape index (κ2) is 5.41. The number of nitrogen functional groups attached to an aromatic ring is 1. The number of hydrogen-bond acceptors (Lipinski definition) is 5. The molecule has 0 aliphatic heterocycles. The summed E-state index contributed by atoms with van der Waals surface area (Å²) >= 11 is 0. The van der Waals surface area contributed by atoms with Crippen LogP contribution in [-0.2, 0) is 16.4 Å². The number of aromatic nitrogens is 2. The molecule has 0 saturated carbocycles. The van der Waals surface area contributed by atoms with E-state index >= 15 is 0 Å². The average molecular weight is 296 g/mol. The number of anilines is 2. The maximum Gasteiger partial charge on any atom is 0.265 e. The first-order valence-electron chi connectivity index (χ1n) is 5.97. The smallest absolute Gasteiger partial charge is 0.265 e. The molecule has 4 N–H and O–H groups in total. The Bertz CT molecular complexity index is 709. The molecule has 108 valence electrons. The number of sulfonamides is 1. The monoisotopic (exact) mass is 296 g/mol. The molecule has 0 atom stereocenters. The van der Waals surface area contributed by atoms with E-state index in [1.807, 2.05) is 6.92 Å². The normalized spacial score (nSPS) is 11.3. The molecule has 0 unspecified atom stereocenters. The van der Waals surface area contributed by atoms with E-state index in [9.17, 15) is 8.42 Å². The lowest BCUT2D eigenvalue weighted by molar-refractivity contribution is 0.414. The van der Waals surface area contributed by atoms with Gasteiger partial charge in [0.25, 0.3) is 10.0 Å². The Balaban J connectivity index is 2.30. The van der Waals surface area contributed by atoms with Gasteiger partial charge in [0.15, 0.2) is 5.82 Å². The first-order valence-corrected chi connectivity index (χ1v) is 7.45. The Labute approximate surface area is 117 Å². The van der Waals surface area contributed by atoms with Gasteiger partial charge in [-0.05, 0) is 18.6 Å². The number of ether oxygens (including phenoxy) is 1. The lowest BCUT2D eigenvalue weighted by Gasteiger charge is -2.09. The van der Waals surface area contributed by atoms with Crippen LogP contribution in [0.5, 0.6) is 5.75 Å². The number of nitrogens with zero attached hydrogens (tertiary/aromatic N) is 1.